The van der Waals surface area contributed by atoms with E-state index in [1.807, 2.05) is 0 Å². The summed E-state index contributed by atoms with van der Waals surface area (Å²) in [5.41, 5.74) is 3.22. The summed E-state index contributed by atoms with van der Waals surface area (Å²) < 4.78 is 5.87. The summed E-state index contributed by atoms with van der Waals surface area (Å²) in [6.45, 7) is 13.4. The van der Waals surface area contributed by atoms with E-state index in [2.05, 4.69) is 71.4 Å². The zero-order chi connectivity index (χ0) is 15.8. The summed E-state index contributed by atoms with van der Waals surface area (Å²) in [6, 6.07) is 0. The Morgan fingerprint density at radius 3 is 2.00 bits per heavy atom. The number of nitrogens with zero attached hydrogens (tertiary/aromatic N) is 2. The van der Waals surface area contributed by atoms with Gasteiger partial charge in [-0.3, -0.25) is 0 Å². The molecule has 0 saturated heterocycles. The Labute approximate surface area is 140 Å². The molecule has 0 N–H and O–H groups in total. The van der Waals surface area contributed by atoms with Gasteiger partial charge in [-0.2, -0.15) is 0 Å². The van der Waals surface area contributed by atoms with E-state index in [-0.39, 0.29) is 0 Å². The molecule has 1 atom stereocenters. The molecular formula is C18H33InN2. The molecule has 0 aromatic carbocycles. The van der Waals surface area contributed by atoms with Gasteiger partial charge < -0.3 is 0 Å². The molecule has 0 spiro atoms. The Bertz CT molecular complexity index is 388. The van der Waals surface area contributed by atoms with Gasteiger partial charge in [0.15, 0.2) is 0 Å². The molecule has 0 aromatic rings. The van der Waals surface area contributed by atoms with Crippen molar-refractivity contribution in [3.8, 4) is 0 Å². The molecule has 0 aliphatic heterocycles. The Balaban J connectivity index is 3.11. The van der Waals surface area contributed by atoms with Crippen LogP contribution in [0, 0.1) is 0 Å². The van der Waals surface area contributed by atoms with E-state index in [1.165, 1.54) is 0 Å². The van der Waals surface area contributed by atoms with Crippen molar-refractivity contribution in [2.45, 2.75) is 47.2 Å². The van der Waals surface area contributed by atoms with Gasteiger partial charge in [0.05, 0.1) is 0 Å². The number of hydrogen-bond acceptors (Lipinski definition) is 2. The van der Waals surface area contributed by atoms with Crippen molar-refractivity contribution < 1.29 is 0 Å². The van der Waals surface area contributed by atoms with Crippen molar-refractivity contribution in [2.75, 3.05) is 26.2 Å². The minimum absolute atomic E-state index is 0.762. The van der Waals surface area contributed by atoms with E-state index in [9.17, 15) is 0 Å². The Morgan fingerprint density at radius 1 is 1.00 bits per heavy atom. The van der Waals surface area contributed by atoms with Crippen molar-refractivity contribution in [1.29, 1.82) is 0 Å². The van der Waals surface area contributed by atoms with Crippen LogP contribution in [0.25, 0.3) is 0 Å². The van der Waals surface area contributed by atoms with Gasteiger partial charge in [-0.1, -0.05) is 0 Å². The summed E-state index contributed by atoms with van der Waals surface area (Å²) in [4.78, 5) is 4.88. The van der Waals surface area contributed by atoms with Gasteiger partial charge in [-0.15, -0.1) is 0 Å². The van der Waals surface area contributed by atoms with Gasteiger partial charge in [-0.25, -0.2) is 0 Å². The Hall–Kier alpha value is -0.310. The second-order valence-electron chi connectivity index (χ2n) is 6.10. The number of rotatable bonds is 7. The first-order valence-corrected chi connectivity index (χ1v) is 17.1. The monoisotopic (exact) mass is 392 g/mol. The molecule has 0 bridgehead atoms. The van der Waals surface area contributed by atoms with Crippen molar-refractivity contribution in [2.24, 2.45) is 0 Å². The molecule has 0 fully saturated rings. The van der Waals surface area contributed by atoms with Crippen LogP contribution in [0.2, 0.25) is 13.0 Å². The average molecular weight is 392 g/mol. The van der Waals surface area contributed by atoms with E-state index in [4.69, 9.17) is 0 Å². The van der Waals surface area contributed by atoms with Crippen LogP contribution in [0.4, 0.5) is 0 Å². The molecule has 0 amide bonds. The van der Waals surface area contributed by atoms with Crippen LogP contribution in [0.5, 0.6) is 0 Å². The number of allylic oxidation sites excluding steroid dienone is 4. The quantitative estimate of drug-likeness (QED) is 0.629. The van der Waals surface area contributed by atoms with Gasteiger partial charge in [0.2, 0.25) is 0 Å². The predicted molar refractivity (Wildman–Crippen MR) is 97.0 cm³/mol. The first kappa shape index (κ1) is 18.7. The van der Waals surface area contributed by atoms with Crippen LogP contribution in [0.15, 0.2) is 35.7 Å². The molecule has 118 valence electrons. The molecular weight excluding hydrogens is 359 g/mol. The fourth-order valence-corrected chi connectivity index (χ4v) is 8.94. The van der Waals surface area contributed by atoms with Gasteiger partial charge >= 0.3 is 140 Å². The molecule has 1 aliphatic rings. The normalized spacial score (nSPS) is 21.9. The van der Waals surface area contributed by atoms with Gasteiger partial charge in [0.25, 0.3) is 0 Å². The predicted octanol–water partition coefficient (Wildman–Crippen LogP) is 4.52. The molecule has 0 heterocycles. The zero-order valence-electron chi connectivity index (χ0n) is 14.9. The molecule has 3 heteroatoms. The van der Waals surface area contributed by atoms with E-state index in [0.29, 0.717) is 0 Å². The standard InChI is InChI=1S/C16H27N2.2CH3.In/c1-5-17(6-2)13-15-10-9-11-16(12-15)14-18(7-3)8-4;;;/h9-10,12-14H,5-8,11H2,1-4H3;2*1H3;/b15-13-,16-14+;;;. The van der Waals surface area contributed by atoms with Gasteiger partial charge in [-0.05, 0) is 0 Å². The SMILES string of the molecule is CCN(/C=C1/C=CC/C(=C\N(CC)CC)[CH]1[In]([CH3])[CH3])CC. The van der Waals surface area contributed by atoms with Crippen LogP contribution in [-0.4, -0.2) is 57.4 Å². The molecule has 0 saturated carbocycles. The molecule has 2 nitrogen and oxygen atoms in total. The second-order valence-corrected chi connectivity index (χ2v) is 15.1. The van der Waals surface area contributed by atoms with Crippen LogP contribution in [-0.2, 0) is 0 Å². The van der Waals surface area contributed by atoms with Crippen LogP contribution >= 0.6 is 0 Å². The zero-order valence-corrected chi connectivity index (χ0v) is 18.2. The summed E-state index contributed by atoms with van der Waals surface area (Å²) in [7, 11) is 0. The topological polar surface area (TPSA) is 6.48 Å². The van der Waals surface area contributed by atoms with Crippen molar-refractivity contribution >= 4 is 21.4 Å². The summed E-state index contributed by atoms with van der Waals surface area (Å²) in [5, 5.41) is 0. The number of hydrogen-bond donors (Lipinski definition) is 0. The average Bonchev–Trinajstić information content (AvgIpc) is 2.49. The van der Waals surface area contributed by atoms with E-state index in [1.54, 1.807) is 11.1 Å². The third kappa shape index (κ3) is 5.43. The molecule has 0 radical (unpaired) electrons. The van der Waals surface area contributed by atoms with Crippen LogP contribution < -0.4 is 0 Å². The maximum atomic E-state index is 2.55. The van der Waals surface area contributed by atoms with Crippen molar-refractivity contribution in [3.05, 3.63) is 35.7 Å². The molecule has 1 unspecified atom stereocenters. The van der Waals surface area contributed by atoms with Crippen molar-refractivity contribution in [3.63, 3.8) is 0 Å². The molecule has 1 aliphatic carbocycles. The van der Waals surface area contributed by atoms with E-state index >= 15 is 0 Å². The van der Waals surface area contributed by atoms with Crippen LogP contribution in [0.3, 0.4) is 0 Å². The van der Waals surface area contributed by atoms with Gasteiger partial charge in [0.1, 0.15) is 0 Å². The third-order valence-corrected chi connectivity index (χ3v) is 10.5. The first-order valence-electron chi connectivity index (χ1n) is 8.64. The fourth-order valence-electron chi connectivity index (χ4n) is 3.10. The summed E-state index contributed by atoms with van der Waals surface area (Å²) >= 11 is -1.49. The van der Waals surface area contributed by atoms with Crippen molar-refractivity contribution in [1.82, 2.24) is 9.80 Å². The van der Waals surface area contributed by atoms with E-state index in [0.717, 1.165) is 36.3 Å². The second kappa shape index (κ2) is 9.66. The summed E-state index contributed by atoms with van der Waals surface area (Å²) in [5.74, 6) is 0. The minimum atomic E-state index is -1.49. The fraction of sp³-hybridized carbons (Fsp3) is 0.667. The van der Waals surface area contributed by atoms with Gasteiger partial charge in [0, 0.05) is 0 Å². The molecule has 0 aromatic heterocycles. The van der Waals surface area contributed by atoms with E-state index < -0.39 is 21.4 Å². The Kier molecular flexibility index (Phi) is 8.62. The molecule has 1 rings (SSSR count). The third-order valence-electron chi connectivity index (χ3n) is 4.39. The Morgan fingerprint density at radius 2 is 1.52 bits per heavy atom. The molecule has 21 heavy (non-hydrogen) atoms. The maximum absolute atomic E-state index is 2.55. The first-order chi connectivity index (χ1) is 10.1. The van der Waals surface area contributed by atoms with Crippen LogP contribution in [0.1, 0.15) is 34.1 Å². The summed E-state index contributed by atoms with van der Waals surface area (Å²) in [6.07, 6.45) is 10.8.